The second-order valence-electron chi connectivity index (χ2n) is 4.65. The topological polar surface area (TPSA) is 47.0 Å². The van der Waals surface area contributed by atoms with Gasteiger partial charge < -0.3 is 10.1 Å². The fourth-order valence-corrected chi connectivity index (χ4v) is 2.34. The highest BCUT2D eigenvalue weighted by Gasteiger charge is 2.31. The minimum atomic E-state index is 0.453. The molecule has 0 saturated heterocycles. The minimum Gasteiger partial charge on any atom is -0.467 e. The molecule has 1 aliphatic carbocycles. The van der Waals surface area contributed by atoms with Gasteiger partial charge >= 0.3 is 6.01 Å². The van der Waals surface area contributed by atoms with Crippen molar-refractivity contribution in [1.82, 2.24) is 15.3 Å². The van der Waals surface area contributed by atoms with Crippen LogP contribution < -0.4 is 10.1 Å². The summed E-state index contributed by atoms with van der Waals surface area (Å²) in [7, 11) is 1.59. The Morgan fingerprint density at radius 3 is 2.65 bits per heavy atom. The number of hydrogen-bond donors (Lipinski definition) is 1. The van der Waals surface area contributed by atoms with Crippen molar-refractivity contribution in [2.24, 2.45) is 5.92 Å². The lowest BCUT2D eigenvalue weighted by molar-refractivity contribution is 0.244. The SMILES string of the molecule is CCCNCC1CCC1c1cnc(OC)nc1. The normalized spacial score (nSPS) is 23.2. The van der Waals surface area contributed by atoms with E-state index in [1.165, 1.54) is 24.8 Å². The van der Waals surface area contributed by atoms with Gasteiger partial charge in [-0.3, -0.25) is 0 Å². The van der Waals surface area contributed by atoms with Crippen LogP contribution in [0.2, 0.25) is 0 Å². The van der Waals surface area contributed by atoms with Crippen LogP contribution in [0, 0.1) is 5.92 Å². The van der Waals surface area contributed by atoms with E-state index in [1.807, 2.05) is 12.4 Å². The van der Waals surface area contributed by atoms with E-state index < -0.39 is 0 Å². The van der Waals surface area contributed by atoms with Crippen LogP contribution in [-0.4, -0.2) is 30.2 Å². The number of nitrogens with zero attached hydrogens (tertiary/aromatic N) is 2. The highest BCUT2D eigenvalue weighted by atomic mass is 16.5. The van der Waals surface area contributed by atoms with E-state index in [4.69, 9.17) is 4.74 Å². The maximum absolute atomic E-state index is 4.97. The number of nitrogens with one attached hydrogen (secondary N) is 1. The van der Waals surface area contributed by atoms with Gasteiger partial charge in [0.05, 0.1) is 7.11 Å². The van der Waals surface area contributed by atoms with Crippen molar-refractivity contribution >= 4 is 0 Å². The maximum atomic E-state index is 4.97. The van der Waals surface area contributed by atoms with Crippen LogP contribution in [0.3, 0.4) is 0 Å². The van der Waals surface area contributed by atoms with Crippen LogP contribution in [0.25, 0.3) is 0 Å². The molecule has 2 unspecified atom stereocenters. The highest BCUT2D eigenvalue weighted by Crippen LogP contribution is 2.41. The van der Waals surface area contributed by atoms with Crippen molar-refractivity contribution in [3.8, 4) is 6.01 Å². The molecule has 2 rings (SSSR count). The van der Waals surface area contributed by atoms with Gasteiger partial charge in [0.15, 0.2) is 0 Å². The second kappa shape index (κ2) is 5.96. The first-order valence-corrected chi connectivity index (χ1v) is 6.41. The summed E-state index contributed by atoms with van der Waals surface area (Å²) in [6.45, 7) is 4.43. The summed E-state index contributed by atoms with van der Waals surface area (Å²) in [4.78, 5) is 8.35. The Bertz CT molecular complexity index is 339. The molecule has 1 N–H and O–H groups in total. The molecule has 1 aromatic rings. The summed E-state index contributed by atoms with van der Waals surface area (Å²) in [6.07, 6.45) is 7.58. The third kappa shape index (κ3) is 2.94. The van der Waals surface area contributed by atoms with Crippen LogP contribution in [0.5, 0.6) is 6.01 Å². The first kappa shape index (κ1) is 12.3. The monoisotopic (exact) mass is 235 g/mol. The Morgan fingerprint density at radius 2 is 2.12 bits per heavy atom. The number of ether oxygens (including phenoxy) is 1. The molecule has 0 aromatic carbocycles. The fourth-order valence-electron chi connectivity index (χ4n) is 2.34. The van der Waals surface area contributed by atoms with Crippen molar-refractivity contribution < 1.29 is 4.74 Å². The first-order chi connectivity index (χ1) is 8.35. The summed E-state index contributed by atoms with van der Waals surface area (Å²) < 4.78 is 4.97. The van der Waals surface area contributed by atoms with Crippen molar-refractivity contribution in [2.45, 2.75) is 32.1 Å². The molecular weight excluding hydrogens is 214 g/mol. The van der Waals surface area contributed by atoms with Gasteiger partial charge in [0.2, 0.25) is 0 Å². The summed E-state index contributed by atoms with van der Waals surface area (Å²) in [5.74, 6) is 1.38. The van der Waals surface area contributed by atoms with E-state index in [9.17, 15) is 0 Å². The third-order valence-corrected chi connectivity index (χ3v) is 3.51. The second-order valence-corrected chi connectivity index (χ2v) is 4.65. The summed E-state index contributed by atoms with van der Waals surface area (Å²) in [6, 6.07) is 0.453. The maximum Gasteiger partial charge on any atom is 0.316 e. The minimum absolute atomic E-state index is 0.453. The highest BCUT2D eigenvalue weighted by molar-refractivity contribution is 5.17. The Morgan fingerprint density at radius 1 is 1.35 bits per heavy atom. The first-order valence-electron chi connectivity index (χ1n) is 6.41. The molecule has 0 radical (unpaired) electrons. The van der Waals surface area contributed by atoms with Crippen LogP contribution in [-0.2, 0) is 0 Å². The molecule has 1 aromatic heterocycles. The Kier molecular flexibility index (Phi) is 4.31. The number of methoxy groups -OCH3 is 1. The summed E-state index contributed by atoms with van der Waals surface area (Å²) in [5.41, 5.74) is 1.25. The molecule has 0 bridgehead atoms. The van der Waals surface area contributed by atoms with Crippen LogP contribution in [0.1, 0.15) is 37.7 Å². The molecule has 17 heavy (non-hydrogen) atoms. The predicted molar refractivity (Wildman–Crippen MR) is 67.2 cm³/mol. The molecule has 0 spiro atoms. The lowest BCUT2D eigenvalue weighted by Crippen LogP contribution is -2.34. The van der Waals surface area contributed by atoms with Crippen molar-refractivity contribution in [1.29, 1.82) is 0 Å². The number of hydrogen-bond acceptors (Lipinski definition) is 4. The van der Waals surface area contributed by atoms with E-state index in [-0.39, 0.29) is 0 Å². The van der Waals surface area contributed by atoms with Gasteiger partial charge in [-0.05, 0) is 49.8 Å². The van der Waals surface area contributed by atoms with E-state index in [1.54, 1.807) is 7.11 Å². The molecule has 1 aliphatic rings. The van der Waals surface area contributed by atoms with E-state index >= 15 is 0 Å². The van der Waals surface area contributed by atoms with Crippen molar-refractivity contribution in [3.05, 3.63) is 18.0 Å². The zero-order chi connectivity index (χ0) is 12.1. The van der Waals surface area contributed by atoms with Gasteiger partial charge in [-0.1, -0.05) is 6.92 Å². The van der Waals surface area contributed by atoms with Crippen molar-refractivity contribution in [2.75, 3.05) is 20.2 Å². The van der Waals surface area contributed by atoms with Gasteiger partial charge in [0.25, 0.3) is 0 Å². The quantitative estimate of drug-likeness (QED) is 0.766. The average molecular weight is 235 g/mol. The van der Waals surface area contributed by atoms with Gasteiger partial charge in [-0.25, -0.2) is 9.97 Å². The molecule has 4 nitrogen and oxygen atoms in total. The van der Waals surface area contributed by atoms with Crippen molar-refractivity contribution in [3.63, 3.8) is 0 Å². The molecule has 1 saturated carbocycles. The van der Waals surface area contributed by atoms with Gasteiger partial charge in [-0.2, -0.15) is 0 Å². The third-order valence-electron chi connectivity index (χ3n) is 3.51. The molecule has 0 aliphatic heterocycles. The van der Waals surface area contributed by atoms with E-state index in [2.05, 4.69) is 22.2 Å². The molecule has 2 atom stereocenters. The van der Waals surface area contributed by atoms with Gasteiger partial charge in [0, 0.05) is 12.4 Å². The fraction of sp³-hybridized carbons (Fsp3) is 0.692. The lowest BCUT2D eigenvalue weighted by atomic mass is 9.70. The summed E-state index contributed by atoms with van der Waals surface area (Å²) >= 11 is 0. The number of rotatable bonds is 6. The molecular formula is C13H21N3O. The average Bonchev–Trinajstić information content (AvgIpc) is 2.34. The van der Waals surface area contributed by atoms with E-state index in [0.29, 0.717) is 11.9 Å². The smallest absolute Gasteiger partial charge is 0.316 e. The predicted octanol–water partition coefficient (Wildman–Crippen LogP) is 1.98. The number of aromatic nitrogens is 2. The zero-order valence-electron chi connectivity index (χ0n) is 10.6. The van der Waals surface area contributed by atoms with Crippen LogP contribution >= 0.6 is 0 Å². The zero-order valence-corrected chi connectivity index (χ0v) is 10.6. The standard InChI is InChI=1S/C13H21N3O/c1-3-6-14-7-10-4-5-12(10)11-8-15-13(17-2)16-9-11/h8-10,12,14H,3-7H2,1-2H3. The Labute approximate surface area is 103 Å². The molecule has 1 heterocycles. The Hall–Kier alpha value is -1.16. The molecule has 94 valence electrons. The Balaban J connectivity index is 1.88. The lowest BCUT2D eigenvalue weighted by Gasteiger charge is -2.36. The van der Waals surface area contributed by atoms with Gasteiger partial charge in [-0.15, -0.1) is 0 Å². The molecule has 0 amide bonds. The van der Waals surface area contributed by atoms with Crippen LogP contribution in [0.4, 0.5) is 0 Å². The van der Waals surface area contributed by atoms with E-state index in [0.717, 1.165) is 19.0 Å². The molecule has 4 heteroatoms. The molecule has 1 fully saturated rings. The van der Waals surface area contributed by atoms with Crippen LogP contribution in [0.15, 0.2) is 12.4 Å². The van der Waals surface area contributed by atoms with Gasteiger partial charge in [0.1, 0.15) is 0 Å². The summed E-state index contributed by atoms with van der Waals surface area (Å²) in [5, 5.41) is 3.49. The largest absolute Gasteiger partial charge is 0.467 e.